The Labute approximate surface area is 197 Å². The number of carbonyl (C=O) groups is 1. The van der Waals surface area contributed by atoms with Crippen molar-refractivity contribution in [2.24, 2.45) is 0 Å². The molecule has 0 saturated carbocycles. The summed E-state index contributed by atoms with van der Waals surface area (Å²) in [7, 11) is 0. The fraction of sp³-hybridized carbons (Fsp3) is 0.148. The number of hydrogen-bond acceptors (Lipinski definition) is 4. The Morgan fingerprint density at radius 2 is 1.74 bits per heavy atom. The van der Waals surface area contributed by atoms with Crippen LogP contribution in [-0.2, 0) is 13.3 Å². The Morgan fingerprint density at radius 3 is 2.62 bits per heavy atom. The van der Waals surface area contributed by atoms with E-state index in [0.717, 1.165) is 11.3 Å². The molecule has 1 N–H and O–H groups in total. The third kappa shape index (κ3) is 4.68. The van der Waals surface area contributed by atoms with Gasteiger partial charge in [0.1, 0.15) is 5.75 Å². The molecule has 0 aliphatic rings. The summed E-state index contributed by atoms with van der Waals surface area (Å²) in [5.41, 5.74) is 3.71. The highest BCUT2D eigenvalue weighted by Gasteiger charge is 2.12. The summed E-state index contributed by atoms with van der Waals surface area (Å²) in [6.07, 6.45) is 3.57. The van der Waals surface area contributed by atoms with E-state index in [-0.39, 0.29) is 12.6 Å². The molecule has 0 atom stereocenters. The highest BCUT2D eigenvalue weighted by molar-refractivity contribution is 6.02. The molecule has 0 saturated heterocycles. The zero-order valence-corrected chi connectivity index (χ0v) is 19.1. The van der Waals surface area contributed by atoms with Crippen molar-refractivity contribution in [1.82, 2.24) is 19.6 Å². The summed E-state index contributed by atoms with van der Waals surface area (Å²) in [5, 5.41) is 14.0. The standard InChI is InChI=1S/C27H25N5O2/c1-19-10-11-25(20(2)16-19)34-18-32-14-12-24(29-32)27(33)28-26-13-15-31(30-26)17-22-8-5-7-21-6-3-4-9-23(21)22/h3-16H,17-18H2,1-2H3,(H,28,30,33). The van der Waals surface area contributed by atoms with Crippen LogP contribution in [0.25, 0.3) is 10.8 Å². The molecule has 34 heavy (non-hydrogen) atoms. The van der Waals surface area contributed by atoms with Crippen LogP contribution < -0.4 is 10.1 Å². The second kappa shape index (κ2) is 9.23. The highest BCUT2D eigenvalue weighted by Crippen LogP contribution is 2.20. The number of carbonyl (C=O) groups excluding carboxylic acids is 1. The number of nitrogens with one attached hydrogen (secondary N) is 1. The second-order valence-electron chi connectivity index (χ2n) is 8.27. The Balaban J connectivity index is 1.21. The molecule has 5 aromatic rings. The molecule has 7 heteroatoms. The van der Waals surface area contributed by atoms with Gasteiger partial charge in [-0.15, -0.1) is 0 Å². The maximum Gasteiger partial charge on any atom is 0.277 e. The number of aryl methyl sites for hydroxylation is 2. The highest BCUT2D eigenvalue weighted by atomic mass is 16.5. The first-order chi connectivity index (χ1) is 16.5. The molecule has 7 nitrogen and oxygen atoms in total. The fourth-order valence-corrected chi connectivity index (χ4v) is 3.95. The lowest BCUT2D eigenvalue weighted by Gasteiger charge is -2.09. The molecule has 0 radical (unpaired) electrons. The summed E-state index contributed by atoms with van der Waals surface area (Å²) in [6.45, 7) is 4.88. The van der Waals surface area contributed by atoms with Crippen molar-refractivity contribution in [1.29, 1.82) is 0 Å². The van der Waals surface area contributed by atoms with Crippen molar-refractivity contribution < 1.29 is 9.53 Å². The number of ether oxygens (including phenoxy) is 1. The molecular formula is C27H25N5O2. The van der Waals surface area contributed by atoms with Crippen molar-refractivity contribution in [2.45, 2.75) is 27.1 Å². The number of amides is 1. The Kier molecular flexibility index (Phi) is 5.82. The van der Waals surface area contributed by atoms with Gasteiger partial charge in [-0.25, -0.2) is 4.68 Å². The van der Waals surface area contributed by atoms with Gasteiger partial charge in [-0.2, -0.15) is 10.2 Å². The van der Waals surface area contributed by atoms with E-state index in [2.05, 4.69) is 45.8 Å². The van der Waals surface area contributed by atoms with Crippen LogP contribution in [0.4, 0.5) is 5.82 Å². The van der Waals surface area contributed by atoms with Gasteiger partial charge in [-0.3, -0.25) is 9.48 Å². The van der Waals surface area contributed by atoms with Crippen molar-refractivity contribution in [3.8, 4) is 5.75 Å². The van der Waals surface area contributed by atoms with Crippen LogP contribution in [0.5, 0.6) is 5.75 Å². The van der Waals surface area contributed by atoms with Crippen LogP contribution in [0.2, 0.25) is 0 Å². The summed E-state index contributed by atoms with van der Waals surface area (Å²) >= 11 is 0. The minimum Gasteiger partial charge on any atom is -0.471 e. The zero-order chi connectivity index (χ0) is 23.5. The van der Waals surface area contributed by atoms with Gasteiger partial charge >= 0.3 is 0 Å². The van der Waals surface area contributed by atoms with Crippen LogP contribution in [-0.4, -0.2) is 25.5 Å². The van der Waals surface area contributed by atoms with E-state index in [0.29, 0.717) is 18.1 Å². The van der Waals surface area contributed by atoms with E-state index >= 15 is 0 Å². The molecule has 0 aliphatic heterocycles. The number of rotatable bonds is 7. The normalized spacial score (nSPS) is 11.0. The molecule has 3 aromatic carbocycles. The van der Waals surface area contributed by atoms with Crippen LogP contribution >= 0.6 is 0 Å². The third-order valence-electron chi connectivity index (χ3n) is 5.65. The van der Waals surface area contributed by atoms with Gasteiger partial charge in [0.05, 0.1) is 6.54 Å². The number of anilines is 1. The number of aromatic nitrogens is 4. The van der Waals surface area contributed by atoms with Crippen LogP contribution in [0.15, 0.2) is 85.2 Å². The van der Waals surface area contributed by atoms with Crippen LogP contribution in [0, 0.1) is 13.8 Å². The molecular weight excluding hydrogens is 426 g/mol. The average molecular weight is 452 g/mol. The van der Waals surface area contributed by atoms with Gasteiger partial charge in [0.15, 0.2) is 18.2 Å². The largest absolute Gasteiger partial charge is 0.471 e. The maximum absolute atomic E-state index is 12.7. The number of fused-ring (bicyclic) bond motifs is 1. The predicted octanol–water partition coefficient (Wildman–Crippen LogP) is 5.19. The Hall–Kier alpha value is -4.39. The van der Waals surface area contributed by atoms with E-state index in [1.54, 1.807) is 23.0 Å². The van der Waals surface area contributed by atoms with E-state index in [1.165, 1.54) is 21.9 Å². The van der Waals surface area contributed by atoms with Gasteiger partial charge in [-0.1, -0.05) is 60.2 Å². The molecule has 2 heterocycles. The summed E-state index contributed by atoms with van der Waals surface area (Å²) in [6, 6.07) is 24.0. The lowest BCUT2D eigenvalue weighted by atomic mass is 10.0. The van der Waals surface area contributed by atoms with E-state index < -0.39 is 0 Å². The number of nitrogens with zero attached hydrogens (tertiary/aromatic N) is 4. The van der Waals surface area contributed by atoms with Gasteiger partial charge < -0.3 is 10.1 Å². The molecule has 5 rings (SSSR count). The smallest absolute Gasteiger partial charge is 0.277 e. The lowest BCUT2D eigenvalue weighted by Crippen LogP contribution is -2.15. The Bertz CT molecular complexity index is 1460. The lowest BCUT2D eigenvalue weighted by molar-refractivity contribution is 0.101. The van der Waals surface area contributed by atoms with Crippen molar-refractivity contribution >= 4 is 22.5 Å². The SMILES string of the molecule is Cc1ccc(OCn2ccc(C(=O)Nc3ccn(Cc4cccc5ccccc45)n3)n2)c(C)c1. The average Bonchev–Trinajstić information content (AvgIpc) is 3.48. The maximum atomic E-state index is 12.7. The summed E-state index contributed by atoms with van der Waals surface area (Å²) < 4.78 is 9.24. The van der Waals surface area contributed by atoms with E-state index in [9.17, 15) is 4.79 Å². The van der Waals surface area contributed by atoms with Gasteiger partial charge in [0.2, 0.25) is 0 Å². The van der Waals surface area contributed by atoms with Crippen LogP contribution in [0.3, 0.4) is 0 Å². The monoisotopic (exact) mass is 451 g/mol. The first-order valence-electron chi connectivity index (χ1n) is 11.1. The number of benzene rings is 3. The van der Waals surface area contributed by atoms with E-state index in [1.807, 2.05) is 55.1 Å². The second-order valence-corrected chi connectivity index (χ2v) is 8.27. The Morgan fingerprint density at radius 1 is 0.912 bits per heavy atom. The van der Waals surface area contributed by atoms with Crippen LogP contribution in [0.1, 0.15) is 27.2 Å². The predicted molar refractivity (Wildman–Crippen MR) is 132 cm³/mol. The van der Waals surface area contributed by atoms with Crippen molar-refractivity contribution in [3.05, 3.63) is 108 Å². The zero-order valence-electron chi connectivity index (χ0n) is 19.1. The molecule has 0 fully saturated rings. The molecule has 1 amide bonds. The quantitative estimate of drug-likeness (QED) is 0.370. The number of hydrogen-bond donors (Lipinski definition) is 1. The molecule has 2 aromatic heterocycles. The minimum absolute atomic E-state index is 0.219. The van der Waals surface area contributed by atoms with Gasteiger partial charge in [0, 0.05) is 18.5 Å². The first kappa shape index (κ1) is 21.5. The van der Waals surface area contributed by atoms with Crippen molar-refractivity contribution in [3.63, 3.8) is 0 Å². The molecule has 0 bridgehead atoms. The molecule has 170 valence electrons. The summed E-state index contributed by atoms with van der Waals surface area (Å²) in [5.74, 6) is 0.954. The van der Waals surface area contributed by atoms with Crippen molar-refractivity contribution in [2.75, 3.05) is 5.32 Å². The molecule has 0 aliphatic carbocycles. The van der Waals surface area contributed by atoms with E-state index in [4.69, 9.17) is 4.74 Å². The van der Waals surface area contributed by atoms with Gasteiger partial charge in [-0.05, 0) is 47.9 Å². The fourth-order valence-electron chi connectivity index (χ4n) is 3.95. The topological polar surface area (TPSA) is 74.0 Å². The molecule has 0 spiro atoms. The molecule has 0 unspecified atom stereocenters. The summed E-state index contributed by atoms with van der Waals surface area (Å²) in [4.78, 5) is 12.7. The third-order valence-corrected chi connectivity index (χ3v) is 5.65. The van der Waals surface area contributed by atoms with Gasteiger partial charge in [0.25, 0.3) is 5.91 Å². The minimum atomic E-state index is -0.319. The first-order valence-corrected chi connectivity index (χ1v) is 11.1.